The molecule has 0 aliphatic rings. The van der Waals surface area contributed by atoms with Crippen molar-refractivity contribution in [3.63, 3.8) is 0 Å². The number of carbonyl (C=O) groups excluding carboxylic acids is 2. The van der Waals surface area contributed by atoms with Gasteiger partial charge < -0.3 is 23.8 Å². The molecule has 0 radical (unpaired) electrons. The molecule has 0 aromatic rings. The van der Waals surface area contributed by atoms with Crippen molar-refractivity contribution in [2.45, 2.75) is 212 Å². The van der Waals surface area contributed by atoms with Crippen molar-refractivity contribution >= 4 is 17.9 Å². The summed E-state index contributed by atoms with van der Waals surface area (Å²) in [6, 6.07) is -0.615. The third-order valence-corrected chi connectivity index (χ3v) is 10.3. The number of aliphatic carboxylic acids is 1. The topological polar surface area (TPSA) is 99.1 Å². The Balaban J connectivity index is 4.27. The van der Waals surface area contributed by atoms with Crippen molar-refractivity contribution in [3.8, 4) is 0 Å². The fourth-order valence-corrected chi connectivity index (χ4v) is 6.66. The van der Waals surface area contributed by atoms with Gasteiger partial charge in [-0.1, -0.05) is 153 Å². The Morgan fingerprint density at radius 3 is 1.43 bits per heavy atom. The van der Waals surface area contributed by atoms with Crippen LogP contribution in [0.3, 0.4) is 0 Å². The number of unbranched alkanes of at least 4 members (excludes halogenated alkanes) is 22. The number of likely N-dealkylation sites (N-methyl/N-ethyl adjacent to an activating group) is 1. The van der Waals surface area contributed by atoms with E-state index in [1.165, 1.54) is 116 Å². The fraction of sp³-hybridized carbons (Fsp3) is 0.812. The molecule has 0 bridgehead atoms. The van der Waals surface area contributed by atoms with Crippen LogP contribution in [0.2, 0.25) is 0 Å². The molecule has 56 heavy (non-hydrogen) atoms. The van der Waals surface area contributed by atoms with Crippen molar-refractivity contribution in [1.29, 1.82) is 0 Å². The van der Waals surface area contributed by atoms with E-state index in [4.69, 9.17) is 14.2 Å². The summed E-state index contributed by atoms with van der Waals surface area (Å²) in [5.74, 6) is -1.48. The number of hydrogen-bond acceptors (Lipinski definition) is 6. The van der Waals surface area contributed by atoms with Crippen LogP contribution < -0.4 is 0 Å². The molecule has 0 aromatic heterocycles. The fourth-order valence-electron chi connectivity index (χ4n) is 6.66. The summed E-state index contributed by atoms with van der Waals surface area (Å²) in [6.45, 7) is 4.69. The summed E-state index contributed by atoms with van der Waals surface area (Å²) in [5, 5.41) is 9.62. The van der Waals surface area contributed by atoms with Gasteiger partial charge in [0.2, 0.25) is 0 Å². The van der Waals surface area contributed by atoms with E-state index in [0.29, 0.717) is 19.3 Å². The molecule has 0 aliphatic heterocycles. The zero-order chi connectivity index (χ0) is 41.4. The normalized spacial score (nSPS) is 13.2. The van der Waals surface area contributed by atoms with Gasteiger partial charge in [0, 0.05) is 19.3 Å². The molecule has 2 unspecified atom stereocenters. The minimum atomic E-state index is -0.877. The summed E-state index contributed by atoms with van der Waals surface area (Å²) >= 11 is 0. The molecule has 2 atom stereocenters. The number of ether oxygens (including phenoxy) is 3. The quantitative estimate of drug-likeness (QED) is 0.0216. The highest BCUT2D eigenvalue weighted by atomic mass is 16.6. The highest BCUT2D eigenvalue weighted by Gasteiger charge is 2.31. The predicted octanol–water partition coefficient (Wildman–Crippen LogP) is 12.6. The third kappa shape index (κ3) is 37.1. The molecule has 0 saturated heterocycles. The molecule has 0 rings (SSSR count). The lowest BCUT2D eigenvalue weighted by atomic mass is 10.1. The van der Waals surface area contributed by atoms with Crippen LogP contribution in [0.25, 0.3) is 0 Å². The van der Waals surface area contributed by atoms with Gasteiger partial charge in [0.1, 0.15) is 6.61 Å². The Morgan fingerprint density at radius 2 is 0.946 bits per heavy atom. The van der Waals surface area contributed by atoms with E-state index in [9.17, 15) is 19.5 Å². The van der Waals surface area contributed by atoms with Gasteiger partial charge in [-0.05, 0) is 64.2 Å². The number of carboxylic acids is 1. The molecular weight excluding hydrogens is 703 g/mol. The first kappa shape index (κ1) is 53.6. The minimum Gasteiger partial charge on any atom is -0.477 e. The molecule has 0 aliphatic carbocycles. The van der Waals surface area contributed by atoms with E-state index in [-0.39, 0.29) is 36.2 Å². The smallest absolute Gasteiger partial charge is 0.362 e. The van der Waals surface area contributed by atoms with E-state index in [1.54, 1.807) is 0 Å². The summed E-state index contributed by atoms with van der Waals surface area (Å²) < 4.78 is 17.3. The van der Waals surface area contributed by atoms with E-state index < -0.39 is 18.1 Å². The molecule has 0 fully saturated rings. The number of carbonyl (C=O) groups is 3. The molecule has 1 N–H and O–H groups in total. The van der Waals surface area contributed by atoms with Crippen molar-refractivity contribution in [3.05, 3.63) is 36.5 Å². The summed E-state index contributed by atoms with van der Waals surface area (Å²) in [5.41, 5.74) is 0. The molecule has 8 heteroatoms. The van der Waals surface area contributed by atoms with Gasteiger partial charge in [-0.3, -0.25) is 9.59 Å². The lowest BCUT2D eigenvalue weighted by molar-refractivity contribution is -0.887. The number of esters is 2. The Bertz CT molecular complexity index is 1020. The first-order valence-corrected chi connectivity index (χ1v) is 23.0. The van der Waals surface area contributed by atoms with E-state index in [0.717, 1.165) is 51.4 Å². The first-order chi connectivity index (χ1) is 27.1. The maximum atomic E-state index is 12.7. The Morgan fingerprint density at radius 1 is 0.536 bits per heavy atom. The van der Waals surface area contributed by atoms with E-state index >= 15 is 0 Å². The molecule has 0 saturated carbocycles. The van der Waals surface area contributed by atoms with Gasteiger partial charge in [-0.15, -0.1) is 0 Å². The molecule has 326 valence electrons. The summed E-state index contributed by atoms with van der Waals surface area (Å²) in [6.07, 6.45) is 44.7. The Kier molecular flexibility index (Phi) is 37.7. The zero-order valence-corrected chi connectivity index (χ0v) is 37.1. The number of hydrogen-bond donors (Lipinski definition) is 1. The lowest BCUT2D eigenvalue weighted by Gasteiger charge is -2.31. The van der Waals surface area contributed by atoms with Crippen molar-refractivity contribution < 1.29 is 38.2 Å². The third-order valence-electron chi connectivity index (χ3n) is 10.3. The molecule has 0 spiro atoms. The largest absolute Gasteiger partial charge is 0.477 e. The lowest BCUT2D eigenvalue weighted by Crippen LogP contribution is -2.50. The van der Waals surface area contributed by atoms with Crippen molar-refractivity contribution in [2.75, 3.05) is 41.0 Å². The second-order valence-electron chi connectivity index (χ2n) is 16.7. The molecule has 8 nitrogen and oxygen atoms in total. The minimum absolute atomic E-state index is 0.0548. The average Bonchev–Trinajstić information content (AvgIpc) is 3.15. The number of rotatable bonds is 41. The maximum absolute atomic E-state index is 12.7. The number of quaternary nitrogens is 1. The number of carboxylic acid groups (broad SMARTS) is 1. The standard InChI is InChI=1S/C48H87NO7/c1-6-8-10-12-14-16-18-20-21-22-23-24-25-26-27-29-30-32-34-36-38-46(50)55-43-44(42-54-41-40-45(48(52)53)49(3,4)5)56-47(51)39-37-35-33-31-28-19-17-15-13-11-9-7-2/h15-18,20-21,44-45H,6-14,19,22-43H2,1-5H3/p+1/b17-15+,18-16+,21-20+. The molecule has 0 aromatic carbocycles. The Hall–Kier alpha value is -2.45. The molecule has 0 heterocycles. The van der Waals surface area contributed by atoms with Crippen LogP contribution in [-0.4, -0.2) is 80.6 Å². The van der Waals surface area contributed by atoms with Crippen LogP contribution in [0.1, 0.15) is 200 Å². The van der Waals surface area contributed by atoms with Gasteiger partial charge in [0.15, 0.2) is 12.1 Å². The van der Waals surface area contributed by atoms with Crippen LogP contribution in [0.5, 0.6) is 0 Å². The predicted molar refractivity (Wildman–Crippen MR) is 234 cm³/mol. The zero-order valence-electron chi connectivity index (χ0n) is 37.1. The van der Waals surface area contributed by atoms with E-state index in [1.807, 2.05) is 21.1 Å². The molecular formula is C48H88NO7+. The summed E-state index contributed by atoms with van der Waals surface area (Å²) in [4.78, 5) is 37.0. The monoisotopic (exact) mass is 791 g/mol. The Labute approximate surface area is 344 Å². The highest BCUT2D eigenvalue weighted by molar-refractivity contribution is 5.72. The van der Waals surface area contributed by atoms with Crippen LogP contribution in [0, 0.1) is 0 Å². The van der Waals surface area contributed by atoms with Gasteiger partial charge in [0.05, 0.1) is 34.4 Å². The maximum Gasteiger partial charge on any atom is 0.362 e. The van der Waals surface area contributed by atoms with Crippen molar-refractivity contribution in [1.82, 2.24) is 0 Å². The van der Waals surface area contributed by atoms with Gasteiger partial charge >= 0.3 is 17.9 Å². The second-order valence-corrected chi connectivity index (χ2v) is 16.7. The van der Waals surface area contributed by atoms with Gasteiger partial charge in [0.25, 0.3) is 0 Å². The number of allylic oxidation sites excluding steroid dienone is 6. The number of nitrogens with zero attached hydrogens (tertiary/aromatic N) is 1. The van der Waals surface area contributed by atoms with Gasteiger partial charge in [-0.25, -0.2) is 4.79 Å². The summed E-state index contributed by atoms with van der Waals surface area (Å²) in [7, 11) is 5.52. The average molecular weight is 791 g/mol. The van der Waals surface area contributed by atoms with E-state index in [2.05, 4.69) is 50.3 Å². The van der Waals surface area contributed by atoms with Crippen LogP contribution in [0.4, 0.5) is 0 Å². The van der Waals surface area contributed by atoms with Crippen LogP contribution >= 0.6 is 0 Å². The molecule has 0 amide bonds. The van der Waals surface area contributed by atoms with Crippen molar-refractivity contribution in [2.24, 2.45) is 0 Å². The van der Waals surface area contributed by atoms with Gasteiger partial charge in [-0.2, -0.15) is 0 Å². The SMILES string of the molecule is CCCCC/C=C/CCCCCCCC(=O)OC(COCCC(C(=O)O)[N+](C)(C)C)COC(=O)CCCCCCCCCCCC/C=C/C=C/CCCCCC. The highest BCUT2D eigenvalue weighted by Crippen LogP contribution is 2.14. The second kappa shape index (κ2) is 39.4. The van der Waals surface area contributed by atoms with Crippen LogP contribution in [0.15, 0.2) is 36.5 Å². The van der Waals surface area contributed by atoms with Crippen LogP contribution in [-0.2, 0) is 28.6 Å². The first-order valence-electron chi connectivity index (χ1n) is 23.0.